The van der Waals surface area contributed by atoms with Crippen molar-refractivity contribution in [1.82, 2.24) is 29.6 Å². The number of piperidine rings is 1. The summed E-state index contributed by atoms with van der Waals surface area (Å²) < 4.78 is 39.4. The lowest BCUT2D eigenvalue weighted by Crippen LogP contribution is -2.42. The van der Waals surface area contributed by atoms with Gasteiger partial charge in [-0.1, -0.05) is 19.6 Å². The van der Waals surface area contributed by atoms with Gasteiger partial charge < -0.3 is 14.4 Å². The van der Waals surface area contributed by atoms with E-state index in [-0.39, 0.29) is 12.0 Å². The maximum atomic E-state index is 13.0. The second-order valence-electron chi connectivity index (χ2n) is 12.5. The molecule has 0 atom stereocenters. The van der Waals surface area contributed by atoms with E-state index in [4.69, 9.17) is 19.4 Å². The van der Waals surface area contributed by atoms with Crippen LogP contribution in [0, 0.1) is 12.3 Å². The van der Waals surface area contributed by atoms with E-state index >= 15 is 0 Å². The molecule has 12 heteroatoms. The van der Waals surface area contributed by atoms with E-state index in [1.807, 2.05) is 16.5 Å². The predicted octanol–water partition coefficient (Wildman–Crippen LogP) is 5.08. The summed E-state index contributed by atoms with van der Waals surface area (Å²) in [5.74, 6) is 2.04. The minimum absolute atomic E-state index is 0.0932. The Morgan fingerprint density at radius 3 is 2.50 bits per heavy atom. The molecule has 3 aromatic heterocycles. The largest absolute Gasteiger partial charge is 0.494 e. The molecule has 5 rings (SSSR count). The first-order chi connectivity index (χ1) is 19.1. The molecule has 0 saturated carbocycles. The molecule has 218 valence electrons. The topological polar surface area (TPSA) is 81.4 Å². The number of pyridine rings is 1. The lowest BCUT2D eigenvalue weighted by molar-refractivity contribution is 0.0772. The number of hydrogen-bond acceptors (Lipinski definition) is 8. The summed E-state index contributed by atoms with van der Waals surface area (Å²) in [5, 5.41) is 5.40. The molecule has 1 spiro atoms. The number of ether oxygens (including phenoxy) is 2. The van der Waals surface area contributed by atoms with Crippen LogP contribution in [-0.2, 0) is 11.5 Å². The fraction of sp³-hybridized carbons (Fsp3) is 0.643. The molecule has 2 aliphatic rings. The summed E-state index contributed by atoms with van der Waals surface area (Å²) in [6, 6.07) is 1.10. The molecule has 2 aliphatic heterocycles. The number of likely N-dealkylation sites (tertiary alicyclic amines) is 1. The highest BCUT2D eigenvalue weighted by Crippen LogP contribution is 2.43. The normalized spacial score (nSPS) is 17.9. The van der Waals surface area contributed by atoms with Crippen LogP contribution < -0.4 is 9.64 Å². The van der Waals surface area contributed by atoms with Gasteiger partial charge in [0.2, 0.25) is 0 Å². The van der Waals surface area contributed by atoms with Crippen molar-refractivity contribution in [2.45, 2.75) is 65.0 Å². The Bertz CT molecular complexity index is 1320. The molecule has 0 unspecified atom stereocenters. The molecule has 0 bridgehead atoms. The summed E-state index contributed by atoms with van der Waals surface area (Å²) in [4.78, 5) is 18.5. The zero-order valence-electron chi connectivity index (χ0n) is 24.3. The molecule has 0 aliphatic carbocycles. The second kappa shape index (κ2) is 11.7. The molecule has 2 saturated heterocycles. The molecule has 0 amide bonds. The van der Waals surface area contributed by atoms with Crippen molar-refractivity contribution in [2.75, 3.05) is 51.3 Å². The highest BCUT2D eigenvalue weighted by molar-refractivity contribution is 6.76. The zero-order chi connectivity index (χ0) is 28.5. The molecule has 0 N–H and O–H groups in total. The van der Waals surface area contributed by atoms with Crippen LogP contribution in [0.25, 0.3) is 22.3 Å². The molecule has 3 aromatic rings. The van der Waals surface area contributed by atoms with Crippen LogP contribution in [0.2, 0.25) is 25.7 Å². The van der Waals surface area contributed by atoms with Crippen molar-refractivity contribution in [3.63, 3.8) is 0 Å². The highest BCUT2D eigenvalue weighted by atomic mass is 28.3. The maximum absolute atomic E-state index is 13.0. The average molecular weight is 574 g/mol. The summed E-state index contributed by atoms with van der Waals surface area (Å²) >= 11 is 0. The third-order valence-corrected chi connectivity index (χ3v) is 10.1. The summed E-state index contributed by atoms with van der Waals surface area (Å²) in [6.07, 6.45) is 5.80. The average Bonchev–Trinajstić information content (AvgIpc) is 3.47. The highest BCUT2D eigenvalue weighted by Gasteiger charge is 2.41. The van der Waals surface area contributed by atoms with Gasteiger partial charge in [-0.05, 0) is 44.2 Å². The number of hydrogen-bond donors (Lipinski definition) is 0. The van der Waals surface area contributed by atoms with Crippen LogP contribution in [-0.4, -0.2) is 90.6 Å². The quantitative estimate of drug-likeness (QED) is 0.246. The monoisotopic (exact) mass is 573 g/mol. The van der Waals surface area contributed by atoms with Crippen molar-refractivity contribution in [3.8, 4) is 17.1 Å². The predicted molar refractivity (Wildman–Crippen MR) is 155 cm³/mol. The summed E-state index contributed by atoms with van der Waals surface area (Å²) in [7, 11) is 0.469. The van der Waals surface area contributed by atoms with Gasteiger partial charge in [-0.2, -0.15) is 5.10 Å². The van der Waals surface area contributed by atoms with Gasteiger partial charge in [0.05, 0.1) is 48.7 Å². The number of fused-ring (bicyclic) bond motifs is 1. The van der Waals surface area contributed by atoms with Crippen LogP contribution in [0.3, 0.4) is 0 Å². The van der Waals surface area contributed by atoms with Crippen LogP contribution in [0.15, 0.2) is 18.6 Å². The zero-order valence-corrected chi connectivity index (χ0v) is 25.3. The van der Waals surface area contributed by atoms with Gasteiger partial charge in [0, 0.05) is 40.0 Å². The van der Waals surface area contributed by atoms with Crippen LogP contribution >= 0.6 is 0 Å². The lowest BCUT2D eigenvalue weighted by Gasteiger charge is -2.40. The van der Waals surface area contributed by atoms with Crippen molar-refractivity contribution in [1.29, 1.82) is 0 Å². The Morgan fingerprint density at radius 2 is 1.80 bits per heavy atom. The molecule has 0 radical (unpaired) electrons. The molecule has 5 heterocycles. The number of methoxy groups -OCH3 is 1. The number of nitrogens with zero attached hydrogens (tertiary/aromatic N) is 7. The summed E-state index contributed by atoms with van der Waals surface area (Å²) in [5.41, 5.74) is 2.60. The minimum atomic E-state index is -2.29. The van der Waals surface area contributed by atoms with E-state index in [9.17, 15) is 8.78 Å². The molecule has 40 heavy (non-hydrogen) atoms. The molecular weight excluding hydrogens is 532 g/mol. The third-order valence-electron chi connectivity index (χ3n) is 8.36. The SMILES string of the molecule is COc1cncc2nc(-c3cnn(COCC[Si](C)(C)C)c3C)nc(N3CCC4(CCN(CC(F)F)C4)CC3)c12. The minimum Gasteiger partial charge on any atom is -0.494 e. The van der Waals surface area contributed by atoms with Gasteiger partial charge in [0.15, 0.2) is 5.82 Å². The first kappa shape index (κ1) is 28.8. The number of alkyl halides is 2. The third kappa shape index (κ3) is 6.28. The van der Waals surface area contributed by atoms with Crippen molar-refractivity contribution >= 4 is 24.8 Å². The van der Waals surface area contributed by atoms with E-state index in [0.29, 0.717) is 23.8 Å². The van der Waals surface area contributed by atoms with Gasteiger partial charge in [-0.3, -0.25) is 9.88 Å². The van der Waals surface area contributed by atoms with E-state index < -0.39 is 14.5 Å². The Labute approximate surface area is 235 Å². The first-order valence-corrected chi connectivity index (χ1v) is 17.8. The van der Waals surface area contributed by atoms with Gasteiger partial charge in [-0.25, -0.2) is 23.4 Å². The van der Waals surface area contributed by atoms with E-state index in [0.717, 1.165) is 80.6 Å². The lowest BCUT2D eigenvalue weighted by atomic mass is 9.77. The summed E-state index contributed by atoms with van der Waals surface area (Å²) in [6.45, 7) is 13.1. The number of aromatic nitrogens is 5. The molecule has 0 aromatic carbocycles. The van der Waals surface area contributed by atoms with Gasteiger partial charge in [0.1, 0.15) is 18.3 Å². The second-order valence-corrected chi connectivity index (χ2v) is 18.1. The first-order valence-electron chi connectivity index (χ1n) is 14.1. The van der Waals surface area contributed by atoms with E-state index in [2.05, 4.69) is 34.6 Å². The van der Waals surface area contributed by atoms with E-state index in [1.165, 1.54) is 0 Å². The Morgan fingerprint density at radius 1 is 1.05 bits per heavy atom. The van der Waals surface area contributed by atoms with Gasteiger partial charge in [0.25, 0.3) is 6.43 Å². The smallest absolute Gasteiger partial charge is 0.251 e. The standard InChI is InChI=1S/C28H41F2N7O2Si/c1-20-21(14-32-37(20)19-39-12-13-40(3,4)5)26-33-22-15-31-16-23(38-2)25(22)27(34-26)36-10-7-28(8-11-36)6-9-35(18-28)17-24(29)30/h14-16,24H,6-13,17-19H2,1-5H3. The Balaban J connectivity index is 1.39. The van der Waals surface area contributed by atoms with Gasteiger partial charge in [-0.15, -0.1) is 0 Å². The Hall–Kier alpha value is -2.70. The van der Waals surface area contributed by atoms with Crippen LogP contribution in [0.4, 0.5) is 14.6 Å². The molecule has 2 fully saturated rings. The fourth-order valence-electron chi connectivity index (χ4n) is 5.85. The molecule has 9 nitrogen and oxygen atoms in total. The fourth-order valence-corrected chi connectivity index (χ4v) is 6.60. The van der Waals surface area contributed by atoms with Gasteiger partial charge >= 0.3 is 0 Å². The maximum Gasteiger partial charge on any atom is 0.251 e. The van der Waals surface area contributed by atoms with Crippen molar-refractivity contribution in [2.24, 2.45) is 5.41 Å². The number of anilines is 1. The number of rotatable bonds is 10. The Kier molecular flexibility index (Phi) is 8.39. The van der Waals surface area contributed by atoms with Crippen LogP contribution in [0.5, 0.6) is 5.75 Å². The van der Waals surface area contributed by atoms with Crippen molar-refractivity contribution < 1.29 is 18.3 Å². The van der Waals surface area contributed by atoms with Crippen molar-refractivity contribution in [3.05, 3.63) is 24.3 Å². The van der Waals surface area contributed by atoms with E-state index in [1.54, 1.807) is 25.7 Å². The number of halogens is 2. The van der Waals surface area contributed by atoms with Crippen LogP contribution in [0.1, 0.15) is 25.0 Å². The molecular formula is C28H41F2N7O2Si.